The Morgan fingerprint density at radius 3 is 2.89 bits per heavy atom. The van der Waals surface area contributed by atoms with Gasteiger partial charge in [0.05, 0.1) is 6.20 Å². The van der Waals surface area contributed by atoms with Gasteiger partial charge in [-0.15, -0.1) is 0 Å². The van der Waals surface area contributed by atoms with E-state index in [0.717, 1.165) is 17.7 Å². The fourth-order valence-electron chi connectivity index (χ4n) is 2.02. The van der Waals surface area contributed by atoms with E-state index in [9.17, 15) is 0 Å². The van der Waals surface area contributed by atoms with Gasteiger partial charge in [0.25, 0.3) is 0 Å². The monoisotopic (exact) mass is 258 g/mol. The lowest BCUT2D eigenvalue weighted by Crippen LogP contribution is -2.22. The molecular formula is C13H18N6. The van der Waals surface area contributed by atoms with Gasteiger partial charge in [0.1, 0.15) is 11.5 Å². The molecule has 0 radical (unpaired) electrons. The summed E-state index contributed by atoms with van der Waals surface area (Å²) in [6.45, 7) is 1.48. The molecule has 0 saturated carbocycles. The number of hydrogen-bond donors (Lipinski definition) is 2. The number of aryl methyl sites for hydroxylation is 1. The zero-order valence-corrected chi connectivity index (χ0v) is 11.2. The summed E-state index contributed by atoms with van der Waals surface area (Å²) >= 11 is 0. The summed E-state index contributed by atoms with van der Waals surface area (Å²) in [5, 5.41) is 11.7. The van der Waals surface area contributed by atoms with Gasteiger partial charge in [-0.05, 0) is 18.7 Å². The average Bonchev–Trinajstić information content (AvgIpc) is 2.75. The molecule has 0 atom stereocenters. The first-order valence-corrected chi connectivity index (χ1v) is 6.00. The van der Waals surface area contributed by atoms with Crippen LogP contribution in [0.1, 0.15) is 16.8 Å². The molecule has 2 aromatic heterocycles. The Balaban J connectivity index is 2.06. The maximum atomic E-state index is 7.53. The SMILES string of the molecule is CN(Cc1cnn(C)c1)Cc1cccnc1C(=N)N. The molecule has 0 bridgehead atoms. The molecule has 6 nitrogen and oxygen atoms in total. The van der Waals surface area contributed by atoms with Crippen LogP contribution in [0.15, 0.2) is 30.7 Å². The lowest BCUT2D eigenvalue weighted by atomic mass is 10.1. The summed E-state index contributed by atoms with van der Waals surface area (Å²) in [7, 11) is 3.92. The van der Waals surface area contributed by atoms with E-state index in [1.165, 1.54) is 0 Å². The lowest BCUT2D eigenvalue weighted by Gasteiger charge is -2.17. The highest BCUT2D eigenvalue weighted by Gasteiger charge is 2.09. The van der Waals surface area contributed by atoms with Crippen LogP contribution in [0, 0.1) is 5.41 Å². The van der Waals surface area contributed by atoms with Gasteiger partial charge in [-0.3, -0.25) is 20.0 Å². The van der Waals surface area contributed by atoms with Crippen LogP contribution in [0.2, 0.25) is 0 Å². The molecule has 0 saturated heterocycles. The summed E-state index contributed by atoms with van der Waals surface area (Å²) in [6.07, 6.45) is 5.50. The summed E-state index contributed by atoms with van der Waals surface area (Å²) in [5.74, 6) is 0.00498. The quantitative estimate of drug-likeness (QED) is 0.611. The Morgan fingerprint density at radius 1 is 1.47 bits per heavy atom. The number of nitrogens with two attached hydrogens (primary N) is 1. The van der Waals surface area contributed by atoms with E-state index in [1.54, 1.807) is 10.9 Å². The normalized spacial score (nSPS) is 10.9. The smallest absolute Gasteiger partial charge is 0.142 e. The van der Waals surface area contributed by atoms with Gasteiger partial charge < -0.3 is 5.73 Å². The number of rotatable bonds is 5. The topological polar surface area (TPSA) is 83.8 Å². The second-order valence-electron chi connectivity index (χ2n) is 4.62. The van der Waals surface area contributed by atoms with Crippen molar-refractivity contribution < 1.29 is 0 Å². The second-order valence-corrected chi connectivity index (χ2v) is 4.62. The number of pyridine rings is 1. The molecule has 6 heteroatoms. The average molecular weight is 258 g/mol. The van der Waals surface area contributed by atoms with Crippen molar-refractivity contribution in [1.29, 1.82) is 5.41 Å². The van der Waals surface area contributed by atoms with E-state index in [4.69, 9.17) is 11.1 Å². The molecule has 0 aliphatic rings. The van der Waals surface area contributed by atoms with Crippen molar-refractivity contribution in [3.8, 4) is 0 Å². The van der Waals surface area contributed by atoms with Gasteiger partial charge >= 0.3 is 0 Å². The summed E-state index contributed by atoms with van der Waals surface area (Å²) in [5.41, 5.74) is 8.20. The molecule has 0 fully saturated rings. The lowest BCUT2D eigenvalue weighted by molar-refractivity contribution is 0.318. The minimum absolute atomic E-state index is 0.00498. The van der Waals surface area contributed by atoms with Crippen LogP contribution < -0.4 is 5.73 Å². The second kappa shape index (κ2) is 5.62. The number of amidine groups is 1. The molecule has 0 aromatic carbocycles. The number of nitrogens with one attached hydrogen (secondary N) is 1. The first kappa shape index (κ1) is 13.2. The van der Waals surface area contributed by atoms with Gasteiger partial charge in [-0.2, -0.15) is 5.10 Å². The van der Waals surface area contributed by atoms with Crippen LogP contribution in [0.3, 0.4) is 0 Å². The van der Waals surface area contributed by atoms with Crippen molar-refractivity contribution in [2.45, 2.75) is 13.1 Å². The van der Waals surface area contributed by atoms with E-state index in [-0.39, 0.29) is 5.84 Å². The van der Waals surface area contributed by atoms with Crippen molar-refractivity contribution in [2.75, 3.05) is 7.05 Å². The van der Waals surface area contributed by atoms with Crippen molar-refractivity contribution in [2.24, 2.45) is 12.8 Å². The minimum Gasteiger partial charge on any atom is -0.382 e. The molecule has 0 amide bonds. The third-order valence-corrected chi connectivity index (χ3v) is 2.80. The summed E-state index contributed by atoms with van der Waals surface area (Å²) in [4.78, 5) is 6.29. The molecule has 0 spiro atoms. The highest BCUT2D eigenvalue weighted by molar-refractivity contribution is 5.94. The number of hydrogen-bond acceptors (Lipinski definition) is 4. The Kier molecular flexibility index (Phi) is 3.91. The predicted octanol–water partition coefficient (Wildman–Crippen LogP) is 0.731. The van der Waals surface area contributed by atoms with E-state index >= 15 is 0 Å². The summed E-state index contributed by atoms with van der Waals surface area (Å²) in [6, 6.07) is 3.81. The maximum absolute atomic E-state index is 7.53. The first-order valence-electron chi connectivity index (χ1n) is 6.00. The van der Waals surface area contributed by atoms with Gasteiger partial charge in [-0.1, -0.05) is 6.07 Å². The molecule has 2 aromatic rings. The largest absolute Gasteiger partial charge is 0.382 e. The molecule has 19 heavy (non-hydrogen) atoms. The van der Waals surface area contributed by atoms with Gasteiger partial charge in [0, 0.05) is 38.1 Å². The van der Waals surface area contributed by atoms with E-state index < -0.39 is 0 Å². The Hall–Kier alpha value is -2.21. The van der Waals surface area contributed by atoms with Crippen molar-refractivity contribution in [3.63, 3.8) is 0 Å². The highest BCUT2D eigenvalue weighted by Crippen LogP contribution is 2.10. The molecule has 100 valence electrons. The maximum Gasteiger partial charge on any atom is 0.142 e. The third-order valence-electron chi connectivity index (χ3n) is 2.80. The van der Waals surface area contributed by atoms with Crippen molar-refractivity contribution in [3.05, 3.63) is 47.5 Å². The number of aromatic nitrogens is 3. The Morgan fingerprint density at radius 2 is 2.26 bits per heavy atom. The molecule has 2 heterocycles. The first-order chi connectivity index (χ1) is 9.06. The van der Waals surface area contributed by atoms with Crippen molar-refractivity contribution in [1.82, 2.24) is 19.7 Å². The zero-order valence-electron chi connectivity index (χ0n) is 11.2. The van der Waals surface area contributed by atoms with Crippen molar-refractivity contribution >= 4 is 5.84 Å². The Labute approximate surface area is 112 Å². The fourth-order valence-corrected chi connectivity index (χ4v) is 2.02. The molecule has 0 unspecified atom stereocenters. The number of nitrogen functional groups attached to an aromatic ring is 1. The summed E-state index contributed by atoms with van der Waals surface area (Å²) < 4.78 is 1.79. The van der Waals surface area contributed by atoms with E-state index in [1.807, 2.05) is 38.6 Å². The third kappa shape index (κ3) is 3.38. The van der Waals surface area contributed by atoms with E-state index in [0.29, 0.717) is 12.2 Å². The van der Waals surface area contributed by atoms with Crippen LogP contribution in [-0.4, -0.2) is 32.5 Å². The van der Waals surface area contributed by atoms with Crippen LogP contribution in [0.4, 0.5) is 0 Å². The van der Waals surface area contributed by atoms with Crippen LogP contribution in [0.5, 0.6) is 0 Å². The van der Waals surface area contributed by atoms with Gasteiger partial charge in [0.2, 0.25) is 0 Å². The fraction of sp³-hybridized carbons (Fsp3) is 0.308. The van der Waals surface area contributed by atoms with Crippen LogP contribution in [-0.2, 0) is 20.1 Å². The van der Waals surface area contributed by atoms with Crippen LogP contribution in [0.25, 0.3) is 0 Å². The van der Waals surface area contributed by atoms with Gasteiger partial charge in [-0.25, -0.2) is 0 Å². The Bertz CT molecular complexity index is 574. The van der Waals surface area contributed by atoms with Crippen LogP contribution >= 0.6 is 0 Å². The minimum atomic E-state index is 0.00498. The predicted molar refractivity (Wildman–Crippen MR) is 73.6 cm³/mol. The van der Waals surface area contributed by atoms with Gasteiger partial charge in [0.15, 0.2) is 0 Å². The molecule has 2 rings (SSSR count). The standard InChI is InChI=1S/C13H18N6/c1-18(7-10-6-17-19(2)8-10)9-11-4-3-5-16-12(11)13(14)15/h3-6,8H,7,9H2,1-2H3,(H3,14,15). The zero-order chi connectivity index (χ0) is 13.8. The highest BCUT2D eigenvalue weighted by atomic mass is 15.2. The molecule has 3 N–H and O–H groups in total. The molecular weight excluding hydrogens is 240 g/mol. The molecule has 0 aliphatic heterocycles. The molecule has 0 aliphatic carbocycles. The van der Waals surface area contributed by atoms with E-state index in [2.05, 4.69) is 15.0 Å². The number of nitrogens with zero attached hydrogens (tertiary/aromatic N) is 4.